The average Bonchev–Trinajstić information content (AvgIpc) is 2.28. The Bertz CT molecular complexity index is 327. The van der Waals surface area contributed by atoms with Gasteiger partial charge < -0.3 is 5.11 Å². The molecule has 1 aromatic rings. The van der Waals surface area contributed by atoms with Gasteiger partial charge in [-0.05, 0) is 44.0 Å². The number of phenols is 1. The van der Waals surface area contributed by atoms with Crippen LogP contribution in [0.1, 0.15) is 46.0 Å². The van der Waals surface area contributed by atoms with Crippen LogP contribution in [-0.4, -0.2) is 10.8 Å². The van der Waals surface area contributed by atoms with Gasteiger partial charge in [0.1, 0.15) is 5.75 Å². The number of rotatable bonds is 6. The van der Waals surface area contributed by atoms with E-state index in [0.717, 1.165) is 12.1 Å². The van der Waals surface area contributed by atoms with Gasteiger partial charge in [-0.25, -0.2) is 0 Å². The first-order chi connectivity index (χ1) is 7.72. The second kappa shape index (κ2) is 7.04. The normalized spacial score (nSPS) is 11.8. The fourth-order valence-electron chi connectivity index (χ4n) is 1.61. The molecular formula is C14H21NO. The molecule has 0 fully saturated rings. The summed E-state index contributed by atoms with van der Waals surface area (Å²) in [6, 6.07) is 7.02. The Morgan fingerprint density at radius 1 is 1.12 bits per heavy atom. The van der Waals surface area contributed by atoms with Crippen LogP contribution < -0.4 is 0 Å². The van der Waals surface area contributed by atoms with Crippen molar-refractivity contribution in [2.45, 2.75) is 46.0 Å². The SMILES string of the molecule is CCCCCCC(C)=Nc1ccc(O)cc1. The first-order valence-electron chi connectivity index (χ1n) is 6.05. The van der Waals surface area contributed by atoms with Crippen molar-refractivity contribution in [1.29, 1.82) is 0 Å². The third-order valence-corrected chi connectivity index (χ3v) is 2.56. The number of hydrogen-bond donors (Lipinski definition) is 1. The average molecular weight is 219 g/mol. The Hall–Kier alpha value is -1.31. The second-order valence-corrected chi connectivity index (χ2v) is 4.17. The van der Waals surface area contributed by atoms with E-state index in [0.29, 0.717) is 5.75 Å². The maximum atomic E-state index is 9.14. The quantitative estimate of drug-likeness (QED) is 0.556. The number of aliphatic imine (C=N–C) groups is 1. The third-order valence-electron chi connectivity index (χ3n) is 2.56. The highest BCUT2D eigenvalue weighted by Crippen LogP contribution is 2.17. The van der Waals surface area contributed by atoms with Crippen molar-refractivity contribution in [3.05, 3.63) is 24.3 Å². The molecule has 1 aromatic carbocycles. The van der Waals surface area contributed by atoms with Crippen LogP contribution in [0.4, 0.5) is 5.69 Å². The van der Waals surface area contributed by atoms with Gasteiger partial charge in [-0.1, -0.05) is 26.2 Å². The predicted octanol–water partition coefficient (Wildman–Crippen LogP) is 4.46. The Labute approximate surface area is 98.0 Å². The van der Waals surface area contributed by atoms with Crippen molar-refractivity contribution in [2.75, 3.05) is 0 Å². The van der Waals surface area contributed by atoms with Crippen LogP contribution in [0.25, 0.3) is 0 Å². The summed E-state index contributed by atoms with van der Waals surface area (Å²) >= 11 is 0. The largest absolute Gasteiger partial charge is 0.508 e. The zero-order valence-corrected chi connectivity index (χ0v) is 10.2. The molecule has 0 spiro atoms. The van der Waals surface area contributed by atoms with E-state index in [4.69, 9.17) is 5.11 Å². The zero-order chi connectivity index (χ0) is 11.8. The maximum Gasteiger partial charge on any atom is 0.115 e. The van der Waals surface area contributed by atoms with E-state index in [1.807, 2.05) is 12.1 Å². The maximum absolute atomic E-state index is 9.14. The van der Waals surface area contributed by atoms with E-state index in [-0.39, 0.29) is 0 Å². The number of hydrogen-bond acceptors (Lipinski definition) is 2. The Kier molecular flexibility index (Phi) is 5.62. The van der Waals surface area contributed by atoms with Gasteiger partial charge in [0.2, 0.25) is 0 Å². The van der Waals surface area contributed by atoms with Crippen LogP contribution in [0.2, 0.25) is 0 Å². The molecule has 1 N–H and O–H groups in total. The molecule has 0 saturated heterocycles. The van der Waals surface area contributed by atoms with E-state index in [1.54, 1.807) is 12.1 Å². The number of benzene rings is 1. The van der Waals surface area contributed by atoms with Crippen molar-refractivity contribution in [3.8, 4) is 5.75 Å². The number of aromatic hydroxyl groups is 1. The number of phenolic OH excluding ortho intramolecular Hbond substituents is 1. The Morgan fingerprint density at radius 3 is 2.44 bits per heavy atom. The molecule has 0 bridgehead atoms. The van der Waals surface area contributed by atoms with Crippen molar-refractivity contribution in [3.63, 3.8) is 0 Å². The molecule has 88 valence electrons. The van der Waals surface area contributed by atoms with Gasteiger partial charge in [0.15, 0.2) is 0 Å². The summed E-state index contributed by atoms with van der Waals surface area (Å²) in [6.45, 7) is 4.29. The van der Waals surface area contributed by atoms with E-state index in [2.05, 4.69) is 18.8 Å². The predicted molar refractivity (Wildman–Crippen MR) is 69.6 cm³/mol. The fraction of sp³-hybridized carbons (Fsp3) is 0.500. The standard InChI is InChI=1S/C14H21NO/c1-3-4-5-6-7-12(2)15-13-8-10-14(16)11-9-13/h8-11,16H,3-7H2,1-2H3. The van der Waals surface area contributed by atoms with Crippen molar-refractivity contribution >= 4 is 11.4 Å². The molecule has 0 radical (unpaired) electrons. The molecule has 0 unspecified atom stereocenters. The minimum atomic E-state index is 0.291. The van der Waals surface area contributed by atoms with Crippen molar-refractivity contribution < 1.29 is 5.11 Å². The molecule has 0 amide bonds. The summed E-state index contributed by atoms with van der Waals surface area (Å²) in [5.41, 5.74) is 2.09. The van der Waals surface area contributed by atoms with Crippen LogP contribution in [0.5, 0.6) is 5.75 Å². The molecule has 0 atom stereocenters. The van der Waals surface area contributed by atoms with Gasteiger partial charge in [-0.2, -0.15) is 0 Å². The highest BCUT2D eigenvalue weighted by Gasteiger charge is 1.94. The van der Waals surface area contributed by atoms with Gasteiger partial charge in [0.25, 0.3) is 0 Å². The van der Waals surface area contributed by atoms with Gasteiger partial charge >= 0.3 is 0 Å². The van der Waals surface area contributed by atoms with Gasteiger partial charge in [-0.3, -0.25) is 4.99 Å². The molecule has 0 aliphatic heterocycles. The minimum Gasteiger partial charge on any atom is -0.508 e. The minimum absolute atomic E-state index is 0.291. The summed E-state index contributed by atoms with van der Waals surface area (Å²) in [5, 5.41) is 9.14. The highest BCUT2D eigenvalue weighted by atomic mass is 16.3. The zero-order valence-electron chi connectivity index (χ0n) is 10.2. The first-order valence-corrected chi connectivity index (χ1v) is 6.05. The lowest BCUT2D eigenvalue weighted by atomic mass is 10.1. The first kappa shape index (κ1) is 12.8. The topological polar surface area (TPSA) is 32.6 Å². The smallest absolute Gasteiger partial charge is 0.115 e. The Balaban J connectivity index is 2.40. The van der Waals surface area contributed by atoms with Crippen LogP contribution in [0.3, 0.4) is 0 Å². The van der Waals surface area contributed by atoms with E-state index in [9.17, 15) is 0 Å². The van der Waals surface area contributed by atoms with Gasteiger partial charge in [0.05, 0.1) is 5.69 Å². The van der Waals surface area contributed by atoms with E-state index < -0.39 is 0 Å². The monoisotopic (exact) mass is 219 g/mol. The summed E-state index contributed by atoms with van der Waals surface area (Å²) in [5.74, 6) is 0.291. The molecule has 0 aliphatic rings. The van der Waals surface area contributed by atoms with E-state index in [1.165, 1.54) is 31.4 Å². The molecule has 0 heterocycles. The summed E-state index contributed by atoms with van der Waals surface area (Å²) in [7, 11) is 0. The molecule has 2 heteroatoms. The second-order valence-electron chi connectivity index (χ2n) is 4.17. The van der Waals surface area contributed by atoms with Crippen LogP contribution >= 0.6 is 0 Å². The molecule has 1 rings (SSSR count). The van der Waals surface area contributed by atoms with Gasteiger partial charge in [0, 0.05) is 5.71 Å². The summed E-state index contributed by atoms with van der Waals surface area (Å²) in [6.07, 6.45) is 6.17. The lowest BCUT2D eigenvalue weighted by Crippen LogP contribution is -1.90. The van der Waals surface area contributed by atoms with Gasteiger partial charge in [-0.15, -0.1) is 0 Å². The van der Waals surface area contributed by atoms with Crippen LogP contribution in [0, 0.1) is 0 Å². The number of nitrogens with zero attached hydrogens (tertiary/aromatic N) is 1. The van der Waals surface area contributed by atoms with Crippen LogP contribution in [-0.2, 0) is 0 Å². The third kappa shape index (κ3) is 4.96. The molecule has 2 nitrogen and oxygen atoms in total. The lowest BCUT2D eigenvalue weighted by Gasteiger charge is -2.01. The molecule has 0 saturated carbocycles. The number of unbranched alkanes of at least 4 members (excludes halogenated alkanes) is 3. The molecular weight excluding hydrogens is 198 g/mol. The van der Waals surface area contributed by atoms with Crippen LogP contribution in [0.15, 0.2) is 29.3 Å². The summed E-state index contributed by atoms with van der Waals surface area (Å²) < 4.78 is 0. The van der Waals surface area contributed by atoms with E-state index >= 15 is 0 Å². The summed E-state index contributed by atoms with van der Waals surface area (Å²) in [4.78, 5) is 4.50. The van der Waals surface area contributed by atoms with Crippen molar-refractivity contribution in [2.24, 2.45) is 4.99 Å². The van der Waals surface area contributed by atoms with Crippen molar-refractivity contribution in [1.82, 2.24) is 0 Å². The highest BCUT2D eigenvalue weighted by molar-refractivity contribution is 5.84. The molecule has 16 heavy (non-hydrogen) atoms. The molecule has 0 aliphatic carbocycles. The Morgan fingerprint density at radius 2 is 1.81 bits per heavy atom. The molecule has 0 aromatic heterocycles. The lowest BCUT2D eigenvalue weighted by molar-refractivity contribution is 0.475. The fourth-order valence-corrected chi connectivity index (χ4v) is 1.61.